The first kappa shape index (κ1) is 57.2. The topological polar surface area (TPSA) is 125 Å². The van der Waals surface area contributed by atoms with Crippen molar-refractivity contribution in [3.63, 3.8) is 0 Å². The first-order valence-corrected chi connectivity index (χ1v) is 27.2. The van der Waals surface area contributed by atoms with Gasteiger partial charge in [-0.2, -0.15) is 0 Å². The molecule has 7 aromatic carbocycles. The van der Waals surface area contributed by atoms with Gasteiger partial charge >= 0.3 is 0 Å². The lowest BCUT2D eigenvalue weighted by molar-refractivity contribution is -0.347. The highest BCUT2D eigenvalue weighted by Crippen LogP contribution is 2.37. The normalized spacial score (nSPS) is 23.4. The number of benzene rings is 7. The van der Waals surface area contributed by atoms with E-state index in [4.69, 9.17) is 92.3 Å². The van der Waals surface area contributed by atoms with Gasteiger partial charge < -0.3 is 52.1 Å². The molecule has 0 bridgehead atoms. The molecule has 10 atom stereocenters. The van der Waals surface area contributed by atoms with E-state index in [-0.39, 0.29) is 52.9 Å². The summed E-state index contributed by atoms with van der Waals surface area (Å²) in [7, 11) is 0. The quantitative estimate of drug-likeness (QED) is 0.0316. The number of halogens is 3. The molecule has 0 spiro atoms. The second kappa shape index (κ2) is 29.6. The zero-order valence-electron chi connectivity index (χ0n) is 43.0. The molecule has 0 radical (unpaired) electrons. The fourth-order valence-corrected chi connectivity index (χ4v) is 9.36. The summed E-state index contributed by atoms with van der Waals surface area (Å²) in [6.45, 7) is 1.35. The third kappa shape index (κ3) is 17.0. The fourth-order valence-electron chi connectivity index (χ4n) is 9.23. The Bertz CT molecular complexity index is 2790. The Morgan fingerprint density at radius 2 is 0.603 bits per heavy atom. The molecule has 0 amide bonds. The number of ether oxygens (including phenoxy) is 11. The van der Waals surface area contributed by atoms with Crippen LogP contribution in [0.5, 0.6) is 0 Å². The molecule has 2 heterocycles. The number of rotatable bonds is 26. The van der Waals surface area contributed by atoms with Crippen molar-refractivity contribution in [1.29, 1.82) is 5.41 Å². The first-order valence-electron chi connectivity index (χ1n) is 26.0. The third-order valence-electron chi connectivity index (χ3n) is 13.2. The lowest BCUT2D eigenvalue weighted by Crippen LogP contribution is -2.64. The van der Waals surface area contributed by atoms with Crippen molar-refractivity contribution in [3.05, 3.63) is 251 Å². The van der Waals surface area contributed by atoms with Gasteiger partial charge in [0.1, 0.15) is 48.8 Å². The van der Waals surface area contributed by atoms with Crippen LogP contribution >= 0.6 is 34.8 Å². The molecule has 1 N–H and O–H groups in total. The van der Waals surface area contributed by atoms with Gasteiger partial charge in [-0.25, -0.2) is 0 Å². The maximum atomic E-state index is 8.81. The average molecular weight is 1120 g/mol. The Morgan fingerprint density at radius 1 is 0.333 bits per heavy atom. The van der Waals surface area contributed by atoms with Crippen molar-refractivity contribution in [1.82, 2.24) is 0 Å². The van der Waals surface area contributed by atoms with Gasteiger partial charge in [0.15, 0.2) is 6.29 Å². The molecule has 0 unspecified atom stereocenters. The van der Waals surface area contributed by atoms with Crippen LogP contribution in [0.1, 0.15) is 38.9 Å². The molecule has 2 aliphatic heterocycles. The highest BCUT2D eigenvalue weighted by atomic mass is 35.6. The lowest BCUT2D eigenvalue weighted by atomic mass is 9.96. The Balaban J connectivity index is 1.09. The summed E-state index contributed by atoms with van der Waals surface area (Å²) in [6.07, 6.45) is -9.51. The number of hydrogen-bond acceptors (Lipinski definition) is 12. The molecule has 2 saturated heterocycles. The summed E-state index contributed by atoms with van der Waals surface area (Å²) in [5.41, 5.74) is 6.51. The van der Waals surface area contributed by atoms with Crippen molar-refractivity contribution < 1.29 is 52.1 Å². The van der Waals surface area contributed by atoms with Crippen LogP contribution in [0.4, 0.5) is 0 Å². The highest BCUT2D eigenvalue weighted by molar-refractivity contribution is 6.76. The standard InChI is InChI=1S/C63H64Cl3NO11/c64-63(65,66)62(67)78-61-59(74-42-51-34-20-7-21-35-51)57(72-40-49-30-16-5-17-31-49)55(70-38-47-26-12-3-13-27-47)53(77-61)44-75-60-58(73-41-50-32-18-6-19-33-50)56(71-39-48-28-14-4-15-29-48)54(69-37-46-24-10-2-11-25-46)52(76-60)43-68-36-45-22-8-1-9-23-45/h1-35,52-61,67H,36-44H2/t52-,53-,54-,55-,56+,57+,58+,59-,60+,61-/m1/s1. The largest absolute Gasteiger partial charge is 0.445 e. The molecule has 7 aromatic rings. The van der Waals surface area contributed by atoms with Gasteiger partial charge in [0.25, 0.3) is 3.79 Å². The van der Waals surface area contributed by atoms with E-state index in [0.717, 1.165) is 38.9 Å². The second-order valence-corrected chi connectivity index (χ2v) is 21.2. The smallest absolute Gasteiger partial charge is 0.265 e. The molecule has 15 heteroatoms. The molecule has 2 fully saturated rings. The highest BCUT2D eigenvalue weighted by Gasteiger charge is 2.53. The molecule has 408 valence electrons. The fraction of sp³-hybridized carbons (Fsp3) is 0.317. The maximum absolute atomic E-state index is 8.81. The molecule has 0 aliphatic carbocycles. The van der Waals surface area contributed by atoms with Crippen LogP contribution in [0, 0.1) is 5.41 Å². The van der Waals surface area contributed by atoms with E-state index in [0.29, 0.717) is 6.61 Å². The summed E-state index contributed by atoms with van der Waals surface area (Å²) < 4.78 is 73.0. The van der Waals surface area contributed by atoms with Crippen LogP contribution in [0.3, 0.4) is 0 Å². The minimum absolute atomic E-state index is 0.110. The van der Waals surface area contributed by atoms with E-state index in [2.05, 4.69) is 0 Å². The summed E-state index contributed by atoms with van der Waals surface area (Å²) >= 11 is 18.9. The molecule has 12 nitrogen and oxygen atoms in total. The van der Waals surface area contributed by atoms with Crippen LogP contribution < -0.4 is 0 Å². The van der Waals surface area contributed by atoms with Crippen LogP contribution in [0.2, 0.25) is 0 Å². The Kier molecular flexibility index (Phi) is 21.7. The first-order chi connectivity index (χ1) is 38.2. The Hall–Kier alpha value is -5.52. The minimum Gasteiger partial charge on any atom is -0.445 e. The van der Waals surface area contributed by atoms with Gasteiger partial charge in [0.05, 0.1) is 59.5 Å². The van der Waals surface area contributed by atoms with E-state index >= 15 is 0 Å². The molecular weight excluding hydrogens is 1050 g/mol. The van der Waals surface area contributed by atoms with E-state index < -0.39 is 71.1 Å². The van der Waals surface area contributed by atoms with Gasteiger partial charge in [0.2, 0.25) is 12.2 Å². The summed E-state index contributed by atoms with van der Waals surface area (Å²) in [5, 5.41) is 8.81. The predicted molar refractivity (Wildman–Crippen MR) is 299 cm³/mol. The zero-order chi connectivity index (χ0) is 53.8. The number of nitrogens with one attached hydrogen (secondary N) is 1. The van der Waals surface area contributed by atoms with Crippen LogP contribution in [-0.4, -0.2) is 84.3 Å². The molecule has 0 saturated carbocycles. The van der Waals surface area contributed by atoms with Gasteiger partial charge in [-0.1, -0.05) is 247 Å². The summed E-state index contributed by atoms with van der Waals surface area (Å²) in [6, 6.07) is 68.9. The lowest BCUT2D eigenvalue weighted by Gasteiger charge is -2.48. The van der Waals surface area contributed by atoms with E-state index in [1.165, 1.54) is 0 Å². The molecule has 78 heavy (non-hydrogen) atoms. The Labute approximate surface area is 471 Å². The summed E-state index contributed by atoms with van der Waals surface area (Å²) in [4.78, 5) is 0. The van der Waals surface area contributed by atoms with Crippen LogP contribution in [-0.2, 0) is 98.4 Å². The molecular formula is C63H64Cl3NO11. The third-order valence-corrected chi connectivity index (χ3v) is 13.7. The molecule has 9 rings (SSSR count). The van der Waals surface area contributed by atoms with Gasteiger partial charge in [0, 0.05) is 0 Å². The monoisotopic (exact) mass is 1120 g/mol. The van der Waals surface area contributed by atoms with Crippen molar-refractivity contribution >= 4 is 40.7 Å². The van der Waals surface area contributed by atoms with E-state index in [1.54, 1.807) is 0 Å². The maximum Gasteiger partial charge on any atom is 0.265 e. The summed E-state index contributed by atoms with van der Waals surface area (Å²) in [5.74, 6) is -0.681. The SMILES string of the molecule is N=C(O[C@H]1O[C@H](CO[C@H]2O[C@H](COCc3ccccc3)[C@@H](OCc3ccccc3)[C@H](OCc3ccccc3)[C@@H]2OCc2ccccc2)[C@@H](OCc2ccccc2)[C@H](OCc2ccccc2)[C@H]1OCc1ccccc1)C(Cl)(Cl)Cl. The molecule has 0 aromatic heterocycles. The van der Waals surface area contributed by atoms with Crippen molar-refractivity contribution in [2.24, 2.45) is 0 Å². The Morgan fingerprint density at radius 3 is 0.936 bits per heavy atom. The van der Waals surface area contributed by atoms with E-state index in [1.807, 2.05) is 212 Å². The van der Waals surface area contributed by atoms with Crippen molar-refractivity contribution in [3.8, 4) is 0 Å². The van der Waals surface area contributed by atoms with Crippen molar-refractivity contribution in [2.75, 3.05) is 13.2 Å². The van der Waals surface area contributed by atoms with Gasteiger partial charge in [-0.05, 0) is 38.9 Å². The number of alkyl halides is 3. The molecule has 2 aliphatic rings. The van der Waals surface area contributed by atoms with Crippen LogP contribution in [0.15, 0.2) is 212 Å². The average Bonchev–Trinajstić information content (AvgIpc) is 3.52. The van der Waals surface area contributed by atoms with Gasteiger partial charge in [-0.15, -0.1) is 0 Å². The predicted octanol–water partition coefficient (Wildman–Crippen LogP) is 12.5. The second-order valence-electron chi connectivity index (χ2n) is 18.9. The number of hydrogen-bond donors (Lipinski definition) is 1. The zero-order valence-corrected chi connectivity index (χ0v) is 45.2. The van der Waals surface area contributed by atoms with Crippen molar-refractivity contribution in [2.45, 2.75) is 111 Å². The minimum atomic E-state index is -2.24. The van der Waals surface area contributed by atoms with E-state index in [9.17, 15) is 0 Å². The van der Waals surface area contributed by atoms with Crippen LogP contribution in [0.25, 0.3) is 0 Å². The van der Waals surface area contributed by atoms with Gasteiger partial charge in [-0.3, -0.25) is 5.41 Å².